The van der Waals surface area contributed by atoms with Gasteiger partial charge in [0.25, 0.3) is 0 Å². The lowest BCUT2D eigenvalue weighted by atomic mass is 9.77. The second kappa shape index (κ2) is 10.1. The minimum absolute atomic E-state index is 0.0808. The highest BCUT2D eigenvalue weighted by molar-refractivity contribution is 5.65. The van der Waals surface area contributed by atoms with Crippen molar-refractivity contribution in [3.63, 3.8) is 0 Å². The van der Waals surface area contributed by atoms with Crippen LogP contribution in [0.5, 0.6) is 0 Å². The first-order chi connectivity index (χ1) is 14.7. The molecule has 2 aromatic carbocycles. The van der Waals surface area contributed by atoms with Crippen LogP contribution < -0.4 is 0 Å². The monoisotopic (exact) mass is 408 g/mol. The van der Waals surface area contributed by atoms with Crippen molar-refractivity contribution in [3.05, 3.63) is 59.4 Å². The highest BCUT2D eigenvalue weighted by atomic mass is 19.1. The molecule has 2 aliphatic rings. The molecule has 30 heavy (non-hydrogen) atoms. The van der Waals surface area contributed by atoms with Crippen molar-refractivity contribution in [2.45, 2.75) is 76.5 Å². The second-order valence-electron chi connectivity index (χ2n) is 9.66. The van der Waals surface area contributed by atoms with Gasteiger partial charge < -0.3 is 4.74 Å². The highest BCUT2D eigenvalue weighted by Crippen LogP contribution is 2.39. The fourth-order valence-corrected chi connectivity index (χ4v) is 5.76. The molecule has 0 spiro atoms. The van der Waals surface area contributed by atoms with Crippen LogP contribution in [0.15, 0.2) is 42.5 Å². The number of hydrogen-bond donors (Lipinski definition) is 0. The number of hydrogen-bond acceptors (Lipinski definition) is 1. The summed E-state index contributed by atoms with van der Waals surface area (Å²) in [5.41, 5.74) is 4.32. The Morgan fingerprint density at radius 3 is 1.90 bits per heavy atom. The molecule has 162 valence electrons. The summed E-state index contributed by atoms with van der Waals surface area (Å²) in [6, 6.07) is 14.6. The third-order valence-corrected chi connectivity index (χ3v) is 7.83. The summed E-state index contributed by atoms with van der Waals surface area (Å²) in [4.78, 5) is 0. The van der Waals surface area contributed by atoms with E-state index in [1.165, 1.54) is 50.5 Å². The topological polar surface area (TPSA) is 9.23 Å². The van der Waals surface area contributed by atoms with E-state index < -0.39 is 0 Å². The molecule has 0 aromatic heterocycles. The van der Waals surface area contributed by atoms with Gasteiger partial charge in [0.05, 0.1) is 0 Å². The highest BCUT2D eigenvalue weighted by Gasteiger charge is 2.24. The predicted molar refractivity (Wildman–Crippen MR) is 123 cm³/mol. The summed E-state index contributed by atoms with van der Waals surface area (Å²) in [5, 5.41) is 0. The molecule has 0 atom stereocenters. The third-order valence-electron chi connectivity index (χ3n) is 7.83. The SMILES string of the molecule is CCC1CCC(c2ccc(-c3ccc(C4CCC(COC)CC4)cc3F)cc2)CC1. The zero-order valence-electron chi connectivity index (χ0n) is 18.7. The van der Waals surface area contributed by atoms with Gasteiger partial charge in [-0.05, 0) is 97.8 Å². The van der Waals surface area contributed by atoms with Crippen molar-refractivity contribution in [2.75, 3.05) is 13.7 Å². The van der Waals surface area contributed by atoms with Crippen LogP contribution in [0.1, 0.15) is 87.7 Å². The Balaban J connectivity index is 1.41. The van der Waals surface area contributed by atoms with Gasteiger partial charge in [-0.1, -0.05) is 49.7 Å². The average molecular weight is 409 g/mol. The maximum absolute atomic E-state index is 15.0. The largest absolute Gasteiger partial charge is 0.384 e. The van der Waals surface area contributed by atoms with E-state index in [1.807, 2.05) is 6.07 Å². The first-order valence-electron chi connectivity index (χ1n) is 12.1. The Kier molecular flexibility index (Phi) is 7.25. The molecule has 0 aliphatic heterocycles. The van der Waals surface area contributed by atoms with E-state index in [0.29, 0.717) is 17.8 Å². The van der Waals surface area contributed by atoms with Gasteiger partial charge in [0.2, 0.25) is 0 Å². The minimum Gasteiger partial charge on any atom is -0.384 e. The van der Waals surface area contributed by atoms with Crippen LogP contribution in [-0.2, 0) is 4.74 Å². The van der Waals surface area contributed by atoms with Gasteiger partial charge in [0, 0.05) is 19.3 Å². The lowest BCUT2D eigenvalue weighted by Crippen LogP contribution is -2.17. The third kappa shape index (κ3) is 4.97. The van der Waals surface area contributed by atoms with Gasteiger partial charge in [-0.25, -0.2) is 4.39 Å². The van der Waals surface area contributed by atoms with Gasteiger partial charge in [-0.3, -0.25) is 0 Å². The summed E-state index contributed by atoms with van der Waals surface area (Å²) in [6.45, 7) is 3.17. The Hall–Kier alpha value is -1.67. The van der Waals surface area contributed by atoms with E-state index in [4.69, 9.17) is 4.74 Å². The van der Waals surface area contributed by atoms with Crippen LogP contribution in [0.2, 0.25) is 0 Å². The molecule has 1 nitrogen and oxygen atoms in total. The van der Waals surface area contributed by atoms with E-state index in [2.05, 4.69) is 37.3 Å². The maximum Gasteiger partial charge on any atom is 0.131 e. The van der Waals surface area contributed by atoms with Gasteiger partial charge in [0.1, 0.15) is 5.82 Å². The summed E-state index contributed by atoms with van der Waals surface area (Å²) < 4.78 is 20.3. The van der Waals surface area contributed by atoms with Crippen LogP contribution in [0.3, 0.4) is 0 Å². The minimum atomic E-state index is -0.0808. The molecule has 2 saturated carbocycles. The Morgan fingerprint density at radius 1 is 0.767 bits per heavy atom. The maximum atomic E-state index is 15.0. The van der Waals surface area contributed by atoms with E-state index in [0.717, 1.165) is 42.1 Å². The zero-order chi connectivity index (χ0) is 20.9. The molecule has 0 radical (unpaired) electrons. The Labute approximate surface area is 182 Å². The van der Waals surface area contributed by atoms with Gasteiger partial charge in [-0.15, -0.1) is 0 Å². The summed E-state index contributed by atoms with van der Waals surface area (Å²) in [6.07, 6.45) is 11.3. The molecule has 4 rings (SSSR count). The zero-order valence-corrected chi connectivity index (χ0v) is 18.7. The van der Waals surface area contributed by atoms with Gasteiger partial charge in [-0.2, -0.15) is 0 Å². The van der Waals surface area contributed by atoms with E-state index in [9.17, 15) is 0 Å². The number of benzene rings is 2. The molecule has 0 N–H and O–H groups in total. The van der Waals surface area contributed by atoms with E-state index in [-0.39, 0.29) is 5.82 Å². The fraction of sp³-hybridized carbons (Fsp3) is 0.571. The predicted octanol–water partition coefficient (Wildman–Crippen LogP) is 8.10. The van der Waals surface area contributed by atoms with Crippen LogP contribution in [-0.4, -0.2) is 13.7 Å². The van der Waals surface area contributed by atoms with Crippen molar-refractivity contribution < 1.29 is 9.13 Å². The fourth-order valence-electron chi connectivity index (χ4n) is 5.76. The molecule has 2 fully saturated rings. The van der Waals surface area contributed by atoms with Crippen molar-refractivity contribution in [1.29, 1.82) is 0 Å². The van der Waals surface area contributed by atoms with E-state index in [1.54, 1.807) is 13.2 Å². The lowest BCUT2D eigenvalue weighted by molar-refractivity contribution is 0.127. The molecule has 0 unspecified atom stereocenters. The molecule has 0 heterocycles. The van der Waals surface area contributed by atoms with Crippen molar-refractivity contribution in [3.8, 4) is 11.1 Å². The van der Waals surface area contributed by atoms with Crippen LogP contribution >= 0.6 is 0 Å². The molecule has 0 amide bonds. The van der Waals surface area contributed by atoms with Crippen molar-refractivity contribution >= 4 is 0 Å². The smallest absolute Gasteiger partial charge is 0.131 e. The van der Waals surface area contributed by atoms with Crippen LogP contribution in [0.25, 0.3) is 11.1 Å². The molecule has 0 bridgehead atoms. The molecule has 2 heteroatoms. The number of halogens is 1. The molecule has 2 aromatic rings. The normalized spacial score (nSPS) is 27.2. The molecule has 2 aliphatic carbocycles. The molecular formula is C28H37FO. The first kappa shape index (κ1) is 21.6. The average Bonchev–Trinajstić information content (AvgIpc) is 2.80. The van der Waals surface area contributed by atoms with Crippen LogP contribution in [0.4, 0.5) is 4.39 Å². The standard InChI is InChI=1S/C28H37FO/c1-3-20-4-8-22(9-5-20)23-12-14-25(15-13-23)27-17-16-26(18-28(27)29)24-10-6-21(7-11-24)19-30-2/h12-18,20-22,24H,3-11,19H2,1-2H3. The quantitative estimate of drug-likeness (QED) is 0.469. The number of rotatable bonds is 6. The molecule has 0 saturated heterocycles. The number of ether oxygens (including phenoxy) is 1. The van der Waals surface area contributed by atoms with E-state index >= 15 is 4.39 Å². The Morgan fingerprint density at radius 2 is 1.33 bits per heavy atom. The van der Waals surface area contributed by atoms with Gasteiger partial charge >= 0.3 is 0 Å². The second-order valence-corrected chi connectivity index (χ2v) is 9.66. The molecular weight excluding hydrogens is 371 g/mol. The van der Waals surface area contributed by atoms with Gasteiger partial charge in [0.15, 0.2) is 0 Å². The Bertz CT molecular complexity index is 796. The van der Waals surface area contributed by atoms with Crippen molar-refractivity contribution in [1.82, 2.24) is 0 Å². The lowest BCUT2D eigenvalue weighted by Gasteiger charge is -2.28. The van der Waals surface area contributed by atoms with Crippen LogP contribution in [0, 0.1) is 17.7 Å². The first-order valence-corrected chi connectivity index (χ1v) is 12.1. The van der Waals surface area contributed by atoms with Crippen molar-refractivity contribution in [2.24, 2.45) is 11.8 Å². The number of methoxy groups -OCH3 is 1. The summed E-state index contributed by atoms with van der Waals surface area (Å²) >= 11 is 0. The summed E-state index contributed by atoms with van der Waals surface area (Å²) in [7, 11) is 1.78. The summed E-state index contributed by atoms with van der Waals surface area (Å²) in [5.74, 6) is 2.68.